The summed E-state index contributed by atoms with van der Waals surface area (Å²) in [7, 11) is 1.69. The lowest BCUT2D eigenvalue weighted by molar-refractivity contribution is 0.174. The van der Waals surface area contributed by atoms with Crippen LogP contribution in [0.15, 0.2) is 46.9 Å². The van der Waals surface area contributed by atoms with E-state index in [9.17, 15) is 0 Å². The maximum absolute atomic E-state index is 6.10. The zero-order valence-electron chi connectivity index (χ0n) is 11.9. The average molecular weight is 292 g/mol. The maximum atomic E-state index is 6.10. The largest absolute Gasteiger partial charge is 0.496 e. The topological polar surface area (TPSA) is 40.8 Å². The first-order chi connectivity index (χ1) is 10.8. The van der Waals surface area contributed by atoms with Gasteiger partial charge in [-0.15, -0.1) is 0 Å². The highest BCUT2D eigenvalue weighted by Gasteiger charge is 2.19. The minimum Gasteiger partial charge on any atom is -0.496 e. The van der Waals surface area contributed by atoms with E-state index in [1.807, 2.05) is 42.5 Å². The Hall–Kier alpha value is -2.88. The van der Waals surface area contributed by atoms with E-state index in [2.05, 4.69) is 0 Å². The van der Waals surface area contributed by atoms with Crippen LogP contribution in [-0.2, 0) is 0 Å². The highest BCUT2D eigenvalue weighted by molar-refractivity contribution is 6.17. The molecule has 5 rings (SSSR count). The van der Waals surface area contributed by atoms with Gasteiger partial charge in [-0.05, 0) is 12.1 Å². The summed E-state index contributed by atoms with van der Waals surface area (Å²) in [4.78, 5) is 0. The lowest BCUT2D eigenvalue weighted by Crippen LogP contribution is -1.92. The van der Waals surface area contributed by atoms with Crippen LogP contribution < -0.4 is 14.2 Å². The van der Waals surface area contributed by atoms with Gasteiger partial charge >= 0.3 is 0 Å². The molecule has 4 aromatic rings. The van der Waals surface area contributed by atoms with Crippen LogP contribution in [0.4, 0.5) is 0 Å². The number of hydrogen-bond donors (Lipinski definition) is 0. The van der Waals surface area contributed by atoms with E-state index in [0.29, 0.717) is 0 Å². The van der Waals surface area contributed by atoms with Crippen molar-refractivity contribution in [3.8, 4) is 17.2 Å². The van der Waals surface area contributed by atoms with Gasteiger partial charge in [-0.1, -0.05) is 24.3 Å². The second-order valence-electron chi connectivity index (χ2n) is 5.30. The van der Waals surface area contributed by atoms with E-state index in [-0.39, 0.29) is 6.79 Å². The van der Waals surface area contributed by atoms with Crippen LogP contribution in [0.1, 0.15) is 0 Å². The lowest BCUT2D eigenvalue weighted by atomic mass is 10.0. The van der Waals surface area contributed by atoms with Crippen LogP contribution in [0, 0.1) is 0 Å². The Morgan fingerprint density at radius 3 is 2.45 bits per heavy atom. The van der Waals surface area contributed by atoms with Crippen LogP contribution in [0.3, 0.4) is 0 Å². The quantitative estimate of drug-likeness (QED) is 0.519. The van der Waals surface area contributed by atoms with Gasteiger partial charge in [-0.2, -0.15) is 0 Å². The van der Waals surface area contributed by atoms with Crippen molar-refractivity contribution in [3.63, 3.8) is 0 Å². The first kappa shape index (κ1) is 11.7. The SMILES string of the molecule is COc1cc2c3cc4c(cc3oc2c2ccccc12)OCO4. The second-order valence-corrected chi connectivity index (χ2v) is 5.30. The van der Waals surface area contributed by atoms with Crippen LogP contribution in [0.25, 0.3) is 32.7 Å². The molecule has 1 aliphatic rings. The fourth-order valence-corrected chi connectivity index (χ4v) is 3.12. The number of methoxy groups -OCH3 is 1. The van der Waals surface area contributed by atoms with Crippen molar-refractivity contribution in [2.24, 2.45) is 0 Å². The van der Waals surface area contributed by atoms with E-state index in [4.69, 9.17) is 18.6 Å². The van der Waals surface area contributed by atoms with Crippen LogP contribution in [-0.4, -0.2) is 13.9 Å². The minimum atomic E-state index is 0.256. The summed E-state index contributed by atoms with van der Waals surface area (Å²) in [6, 6.07) is 14.0. The number of hydrogen-bond acceptors (Lipinski definition) is 4. The Morgan fingerprint density at radius 2 is 1.64 bits per heavy atom. The first-order valence-corrected chi connectivity index (χ1v) is 7.07. The van der Waals surface area contributed by atoms with Crippen LogP contribution >= 0.6 is 0 Å². The summed E-state index contributed by atoms with van der Waals surface area (Å²) in [5.74, 6) is 2.31. The van der Waals surface area contributed by atoms with Crippen LogP contribution in [0.5, 0.6) is 17.2 Å². The molecule has 1 aromatic heterocycles. The Balaban J connectivity index is 1.99. The summed E-state index contributed by atoms with van der Waals surface area (Å²) in [5.41, 5.74) is 1.65. The lowest BCUT2D eigenvalue weighted by Gasteiger charge is -2.05. The summed E-state index contributed by atoms with van der Waals surface area (Å²) in [6.45, 7) is 0.256. The van der Waals surface area contributed by atoms with Gasteiger partial charge in [0.1, 0.15) is 16.9 Å². The van der Waals surface area contributed by atoms with Gasteiger partial charge in [0.25, 0.3) is 0 Å². The molecule has 108 valence electrons. The van der Waals surface area contributed by atoms with E-state index < -0.39 is 0 Å². The molecule has 3 aromatic carbocycles. The third-order valence-corrected chi connectivity index (χ3v) is 4.15. The van der Waals surface area contributed by atoms with Gasteiger partial charge in [-0.25, -0.2) is 0 Å². The molecule has 4 nitrogen and oxygen atoms in total. The predicted octanol–water partition coefficient (Wildman–Crippen LogP) is 4.48. The normalized spacial score (nSPS) is 13.3. The van der Waals surface area contributed by atoms with Gasteiger partial charge in [0.2, 0.25) is 6.79 Å². The number of benzene rings is 3. The molecule has 4 heteroatoms. The van der Waals surface area contributed by atoms with E-state index in [0.717, 1.165) is 50.0 Å². The second kappa shape index (κ2) is 4.07. The minimum absolute atomic E-state index is 0.256. The molecule has 22 heavy (non-hydrogen) atoms. The third kappa shape index (κ3) is 1.41. The molecular formula is C18H12O4. The van der Waals surface area contributed by atoms with Gasteiger partial charge < -0.3 is 18.6 Å². The van der Waals surface area contributed by atoms with Crippen molar-refractivity contribution in [2.75, 3.05) is 13.9 Å². The average Bonchev–Trinajstić information content (AvgIpc) is 3.15. The van der Waals surface area contributed by atoms with E-state index in [1.165, 1.54) is 0 Å². The molecule has 0 atom stereocenters. The van der Waals surface area contributed by atoms with E-state index >= 15 is 0 Å². The summed E-state index contributed by atoms with van der Waals surface area (Å²) in [5, 5.41) is 4.10. The molecule has 0 bridgehead atoms. The van der Waals surface area contributed by atoms with Gasteiger partial charge in [-0.3, -0.25) is 0 Å². The summed E-state index contributed by atoms with van der Waals surface area (Å²) < 4.78 is 22.6. The maximum Gasteiger partial charge on any atom is 0.231 e. The molecule has 0 radical (unpaired) electrons. The van der Waals surface area contributed by atoms with Gasteiger partial charge in [0.15, 0.2) is 11.5 Å². The van der Waals surface area contributed by atoms with Crippen molar-refractivity contribution in [3.05, 3.63) is 42.5 Å². The van der Waals surface area contributed by atoms with Crippen molar-refractivity contribution < 1.29 is 18.6 Å². The zero-order chi connectivity index (χ0) is 14.7. The molecule has 1 aliphatic heterocycles. The number of furan rings is 1. The Labute approximate surface area is 125 Å². The van der Waals surface area contributed by atoms with Crippen molar-refractivity contribution in [1.29, 1.82) is 0 Å². The van der Waals surface area contributed by atoms with Crippen molar-refractivity contribution >= 4 is 32.7 Å². The fourth-order valence-electron chi connectivity index (χ4n) is 3.12. The molecule has 0 saturated carbocycles. The van der Waals surface area contributed by atoms with Gasteiger partial charge in [0.05, 0.1) is 7.11 Å². The molecule has 0 unspecified atom stereocenters. The first-order valence-electron chi connectivity index (χ1n) is 7.07. The molecule has 0 fully saturated rings. The van der Waals surface area contributed by atoms with E-state index in [1.54, 1.807) is 7.11 Å². The number of ether oxygens (including phenoxy) is 3. The molecule has 0 amide bonds. The molecular weight excluding hydrogens is 280 g/mol. The highest BCUT2D eigenvalue weighted by Crippen LogP contribution is 2.43. The van der Waals surface area contributed by atoms with Gasteiger partial charge in [0, 0.05) is 27.6 Å². The monoisotopic (exact) mass is 292 g/mol. The Bertz CT molecular complexity index is 1050. The smallest absolute Gasteiger partial charge is 0.231 e. The molecule has 0 N–H and O–H groups in total. The van der Waals surface area contributed by atoms with Crippen molar-refractivity contribution in [1.82, 2.24) is 0 Å². The van der Waals surface area contributed by atoms with Crippen molar-refractivity contribution in [2.45, 2.75) is 0 Å². The third-order valence-electron chi connectivity index (χ3n) is 4.15. The molecule has 0 saturated heterocycles. The summed E-state index contributed by atoms with van der Waals surface area (Å²) in [6.07, 6.45) is 0. The number of rotatable bonds is 1. The zero-order valence-corrected chi connectivity index (χ0v) is 11.9. The Morgan fingerprint density at radius 1 is 0.864 bits per heavy atom. The highest BCUT2D eigenvalue weighted by atomic mass is 16.7. The Kier molecular flexibility index (Phi) is 2.17. The summed E-state index contributed by atoms with van der Waals surface area (Å²) >= 11 is 0. The standard InChI is InChI=1S/C18H12O4/c1-19-14-7-13-12-6-16-17(21-9-20-16)8-15(12)22-18(13)11-5-3-2-4-10(11)14/h2-8H,9H2,1H3. The van der Waals surface area contributed by atoms with Crippen LogP contribution in [0.2, 0.25) is 0 Å². The predicted molar refractivity (Wildman–Crippen MR) is 83.9 cm³/mol. The molecule has 2 heterocycles. The molecule has 0 spiro atoms. The number of fused-ring (bicyclic) bond motifs is 6. The molecule has 0 aliphatic carbocycles. The fraction of sp³-hybridized carbons (Fsp3) is 0.111.